The summed E-state index contributed by atoms with van der Waals surface area (Å²) in [7, 11) is 0. The molecule has 1 nitrogen and oxygen atoms in total. The van der Waals surface area contributed by atoms with Crippen LogP contribution in [0.4, 0.5) is 0 Å². The Bertz CT molecular complexity index is 260. The predicted octanol–water partition coefficient (Wildman–Crippen LogP) is 1.69. The van der Waals surface area contributed by atoms with Gasteiger partial charge in [0, 0.05) is 32.7 Å². The van der Waals surface area contributed by atoms with Crippen molar-refractivity contribution in [2.45, 2.75) is 19.4 Å². The first-order valence-corrected chi connectivity index (χ1v) is 4.11. The third-order valence-electron chi connectivity index (χ3n) is 2.27. The van der Waals surface area contributed by atoms with Crippen LogP contribution in [-0.2, 0) is 39.1 Å². The van der Waals surface area contributed by atoms with Crippen molar-refractivity contribution in [2.24, 2.45) is 0 Å². The number of hydrogen-bond donors (Lipinski definition) is 1. The van der Waals surface area contributed by atoms with Gasteiger partial charge in [-0.15, -0.1) is 5.56 Å². The standard InChI is InChI=1S/C10H12N.Y/c1-8-10-5-3-2-4-9(10)6-7-11-8;/h2-3,5,8,11H,6-7H2,1H3;/q-1;. The monoisotopic (exact) mass is 235 g/mol. The molecule has 1 aliphatic rings. The Morgan fingerprint density at radius 1 is 1.58 bits per heavy atom. The zero-order chi connectivity index (χ0) is 7.68. The molecule has 1 aliphatic heterocycles. The molecule has 0 aliphatic carbocycles. The molecule has 1 atom stereocenters. The average molecular weight is 235 g/mol. The van der Waals surface area contributed by atoms with Crippen LogP contribution < -0.4 is 5.32 Å². The topological polar surface area (TPSA) is 12.0 Å². The first-order valence-electron chi connectivity index (χ1n) is 4.11. The maximum absolute atomic E-state index is 3.42. The molecule has 1 aromatic carbocycles. The fourth-order valence-corrected chi connectivity index (χ4v) is 1.63. The second-order valence-electron chi connectivity index (χ2n) is 3.03. The summed E-state index contributed by atoms with van der Waals surface area (Å²) >= 11 is 0. The number of hydrogen-bond acceptors (Lipinski definition) is 1. The van der Waals surface area contributed by atoms with Crippen LogP contribution >= 0.6 is 0 Å². The van der Waals surface area contributed by atoms with E-state index in [1.54, 1.807) is 0 Å². The Hall–Kier alpha value is 0.284. The van der Waals surface area contributed by atoms with Crippen molar-refractivity contribution < 1.29 is 32.7 Å². The normalized spacial score (nSPS) is 20.9. The average Bonchev–Trinajstić information content (AvgIpc) is 2.06. The van der Waals surface area contributed by atoms with E-state index in [0.29, 0.717) is 6.04 Å². The molecule has 0 saturated carbocycles. The maximum atomic E-state index is 3.42. The zero-order valence-corrected chi connectivity index (χ0v) is 10.1. The molecule has 1 N–H and O–H groups in total. The Balaban J connectivity index is 0.000000720. The van der Waals surface area contributed by atoms with E-state index in [4.69, 9.17) is 0 Å². The van der Waals surface area contributed by atoms with E-state index < -0.39 is 0 Å². The molecule has 0 aromatic heterocycles. The molecule has 1 radical (unpaired) electrons. The second kappa shape index (κ2) is 4.50. The second-order valence-corrected chi connectivity index (χ2v) is 3.03. The third kappa shape index (κ3) is 1.96. The Morgan fingerprint density at radius 3 is 3.17 bits per heavy atom. The summed E-state index contributed by atoms with van der Waals surface area (Å²) in [5.74, 6) is 0. The molecule has 2 heteroatoms. The largest absolute Gasteiger partial charge is 0.321 e. The molecule has 0 bridgehead atoms. The van der Waals surface area contributed by atoms with Gasteiger partial charge in [0.25, 0.3) is 0 Å². The molecular formula is C10H12NY-. The van der Waals surface area contributed by atoms with Gasteiger partial charge in [0.2, 0.25) is 0 Å². The van der Waals surface area contributed by atoms with Gasteiger partial charge in [-0.25, -0.2) is 0 Å². The summed E-state index contributed by atoms with van der Waals surface area (Å²) < 4.78 is 0. The van der Waals surface area contributed by atoms with Gasteiger partial charge in [0.15, 0.2) is 0 Å². The number of rotatable bonds is 0. The Morgan fingerprint density at radius 2 is 2.42 bits per heavy atom. The zero-order valence-electron chi connectivity index (χ0n) is 7.30. The molecule has 61 valence electrons. The number of nitrogens with one attached hydrogen (secondary N) is 1. The fraction of sp³-hybridized carbons (Fsp3) is 0.400. The van der Waals surface area contributed by atoms with Gasteiger partial charge in [-0.05, 0) is 19.0 Å². The van der Waals surface area contributed by atoms with Crippen molar-refractivity contribution in [1.82, 2.24) is 5.32 Å². The van der Waals surface area contributed by atoms with Crippen molar-refractivity contribution in [3.05, 3.63) is 35.4 Å². The van der Waals surface area contributed by atoms with E-state index in [1.807, 2.05) is 6.07 Å². The molecule has 12 heavy (non-hydrogen) atoms. The molecule has 0 saturated heterocycles. The van der Waals surface area contributed by atoms with E-state index in [-0.39, 0.29) is 32.7 Å². The molecule has 1 heterocycles. The smallest absolute Gasteiger partial charge is 0 e. The maximum Gasteiger partial charge on any atom is 0 e. The summed E-state index contributed by atoms with van der Waals surface area (Å²) in [5, 5.41) is 3.42. The Kier molecular flexibility index (Phi) is 3.89. The van der Waals surface area contributed by atoms with E-state index in [0.717, 1.165) is 13.0 Å². The van der Waals surface area contributed by atoms with Crippen LogP contribution in [0.2, 0.25) is 0 Å². The summed E-state index contributed by atoms with van der Waals surface area (Å²) in [5.41, 5.74) is 2.80. The van der Waals surface area contributed by atoms with E-state index in [2.05, 4.69) is 30.4 Å². The van der Waals surface area contributed by atoms with Crippen molar-refractivity contribution in [3.63, 3.8) is 0 Å². The van der Waals surface area contributed by atoms with Gasteiger partial charge in [-0.3, -0.25) is 0 Å². The van der Waals surface area contributed by atoms with Crippen LogP contribution in [0.15, 0.2) is 18.2 Å². The Labute approximate surface area is 98.8 Å². The summed E-state index contributed by atoms with van der Waals surface area (Å²) in [4.78, 5) is 0. The molecular weight excluding hydrogens is 223 g/mol. The fourth-order valence-electron chi connectivity index (χ4n) is 1.63. The summed E-state index contributed by atoms with van der Waals surface area (Å²) in [6.07, 6.45) is 1.13. The molecule has 0 amide bonds. The molecule has 1 unspecified atom stereocenters. The van der Waals surface area contributed by atoms with Crippen LogP contribution in [0.5, 0.6) is 0 Å². The third-order valence-corrected chi connectivity index (χ3v) is 2.27. The molecule has 0 fully saturated rings. The molecule has 1 aromatic rings. The van der Waals surface area contributed by atoms with Gasteiger partial charge in [0.05, 0.1) is 0 Å². The van der Waals surface area contributed by atoms with Crippen molar-refractivity contribution in [1.29, 1.82) is 0 Å². The van der Waals surface area contributed by atoms with E-state index in [9.17, 15) is 0 Å². The van der Waals surface area contributed by atoms with Gasteiger partial charge in [-0.1, -0.05) is 6.92 Å². The minimum atomic E-state index is 0. The van der Waals surface area contributed by atoms with Gasteiger partial charge >= 0.3 is 0 Å². The van der Waals surface area contributed by atoms with E-state index in [1.165, 1.54) is 11.1 Å². The summed E-state index contributed by atoms with van der Waals surface area (Å²) in [6, 6.07) is 10.0. The van der Waals surface area contributed by atoms with Crippen LogP contribution in [0.3, 0.4) is 0 Å². The van der Waals surface area contributed by atoms with Crippen molar-refractivity contribution >= 4 is 0 Å². The van der Waals surface area contributed by atoms with Gasteiger partial charge in [0.1, 0.15) is 0 Å². The van der Waals surface area contributed by atoms with Crippen molar-refractivity contribution in [2.75, 3.05) is 6.54 Å². The molecule has 0 spiro atoms. The number of fused-ring (bicyclic) bond motifs is 1. The SMILES string of the molecule is CC1NCCc2[c-]cccc21.[Y]. The minimum Gasteiger partial charge on any atom is -0.321 e. The van der Waals surface area contributed by atoms with Gasteiger partial charge in [-0.2, -0.15) is 29.8 Å². The van der Waals surface area contributed by atoms with Crippen LogP contribution in [0.25, 0.3) is 0 Å². The summed E-state index contributed by atoms with van der Waals surface area (Å²) in [6.45, 7) is 3.29. The van der Waals surface area contributed by atoms with Crippen LogP contribution in [0, 0.1) is 6.07 Å². The van der Waals surface area contributed by atoms with E-state index >= 15 is 0 Å². The van der Waals surface area contributed by atoms with Gasteiger partial charge < -0.3 is 5.32 Å². The van der Waals surface area contributed by atoms with Crippen LogP contribution in [-0.4, -0.2) is 6.54 Å². The minimum absolute atomic E-state index is 0. The predicted molar refractivity (Wildman–Crippen MR) is 45.4 cm³/mol. The first-order chi connectivity index (χ1) is 5.38. The molecule has 2 rings (SSSR count). The number of benzene rings is 1. The van der Waals surface area contributed by atoms with Crippen molar-refractivity contribution in [3.8, 4) is 0 Å². The van der Waals surface area contributed by atoms with Crippen LogP contribution in [0.1, 0.15) is 24.1 Å². The first kappa shape index (κ1) is 10.4. The quantitative estimate of drug-likeness (QED) is 0.675.